The number of benzene rings is 1. The molecule has 0 aromatic heterocycles. The monoisotopic (exact) mass is 192 g/mol. The molecule has 1 atom stereocenters. The van der Waals surface area contributed by atoms with Gasteiger partial charge in [-0.05, 0) is 16.5 Å². The van der Waals surface area contributed by atoms with Crippen LogP contribution in [-0.2, 0) is 5.41 Å². The summed E-state index contributed by atoms with van der Waals surface area (Å²) >= 11 is 0. The number of rotatable bonds is 2. The first-order valence-corrected chi connectivity index (χ1v) is 5.02. The molecule has 0 spiro atoms. The van der Waals surface area contributed by atoms with E-state index in [9.17, 15) is 0 Å². The highest BCUT2D eigenvalue weighted by molar-refractivity contribution is 5.35. The second-order valence-electron chi connectivity index (χ2n) is 4.68. The third-order valence-corrected chi connectivity index (χ3v) is 2.42. The lowest BCUT2D eigenvalue weighted by atomic mass is 9.82. The molecule has 0 aliphatic heterocycles. The van der Waals surface area contributed by atoms with E-state index >= 15 is 0 Å². The van der Waals surface area contributed by atoms with Crippen molar-refractivity contribution < 1.29 is 0 Å². The van der Waals surface area contributed by atoms with E-state index in [-0.39, 0.29) is 11.5 Å². The van der Waals surface area contributed by atoms with Crippen molar-refractivity contribution in [2.24, 2.45) is 11.5 Å². The molecule has 0 saturated heterocycles. The van der Waals surface area contributed by atoms with Crippen molar-refractivity contribution >= 4 is 0 Å². The summed E-state index contributed by atoms with van der Waals surface area (Å²) in [6.07, 6.45) is 0. The lowest BCUT2D eigenvalue weighted by Gasteiger charge is -2.25. The van der Waals surface area contributed by atoms with Crippen molar-refractivity contribution in [3.8, 4) is 0 Å². The fourth-order valence-corrected chi connectivity index (χ4v) is 1.63. The largest absolute Gasteiger partial charge is 0.329 e. The van der Waals surface area contributed by atoms with Crippen LogP contribution in [0.3, 0.4) is 0 Å². The molecular weight excluding hydrogens is 172 g/mol. The van der Waals surface area contributed by atoms with E-state index in [0.29, 0.717) is 6.54 Å². The van der Waals surface area contributed by atoms with E-state index in [1.165, 1.54) is 11.1 Å². The molecule has 1 aromatic rings. The Kier molecular flexibility index (Phi) is 3.29. The Hall–Kier alpha value is -0.860. The zero-order valence-electron chi connectivity index (χ0n) is 9.25. The Morgan fingerprint density at radius 3 is 2.29 bits per heavy atom. The van der Waals surface area contributed by atoms with Crippen LogP contribution in [0.5, 0.6) is 0 Å². The van der Waals surface area contributed by atoms with Crippen LogP contribution < -0.4 is 11.5 Å². The predicted octanol–water partition coefficient (Wildman–Crippen LogP) is 1.94. The van der Waals surface area contributed by atoms with Gasteiger partial charge in [0.2, 0.25) is 0 Å². The fourth-order valence-electron chi connectivity index (χ4n) is 1.63. The highest BCUT2D eigenvalue weighted by Crippen LogP contribution is 2.28. The molecule has 0 fully saturated rings. The van der Waals surface area contributed by atoms with Crippen molar-refractivity contribution in [3.63, 3.8) is 0 Å². The second-order valence-corrected chi connectivity index (χ2v) is 4.68. The van der Waals surface area contributed by atoms with Gasteiger partial charge in [-0.25, -0.2) is 0 Å². The maximum atomic E-state index is 5.97. The maximum Gasteiger partial charge on any atom is 0.0422 e. The highest BCUT2D eigenvalue weighted by Gasteiger charge is 2.19. The van der Waals surface area contributed by atoms with Gasteiger partial charge in [0.15, 0.2) is 0 Å². The van der Waals surface area contributed by atoms with Gasteiger partial charge in [0, 0.05) is 12.6 Å². The van der Waals surface area contributed by atoms with E-state index in [2.05, 4.69) is 32.9 Å². The van der Waals surface area contributed by atoms with Crippen LogP contribution in [0.4, 0.5) is 0 Å². The van der Waals surface area contributed by atoms with Crippen LogP contribution in [0.1, 0.15) is 37.9 Å². The molecule has 0 radical (unpaired) electrons. The van der Waals surface area contributed by atoms with Gasteiger partial charge in [-0.3, -0.25) is 0 Å². The van der Waals surface area contributed by atoms with Gasteiger partial charge in [-0.15, -0.1) is 0 Å². The Bertz CT molecular complexity index is 299. The van der Waals surface area contributed by atoms with Crippen LogP contribution in [0.15, 0.2) is 24.3 Å². The van der Waals surface area contributed by atoms with Gasteiger partial charge in [0.05, 0.1) is 0 Å². The first-order chi connectivity index (χ1) is 6.46. The van der Waals surface area contributed by atoms with Crippen LogP contribution in [-0.4, -0.2) is 6.54 Å². The lowest BCUT2D eigenvalue weighted by Crippen LogP contribution is -2.25. The molecule has 2 heteroatoms. The van der Waals surface area contributed by atoms with Crippen LogP contribution in [0.2, 0.25) is 0 Å². The van der Waals surface area contributed by atoms with Gasteiger partial charge in [0.1, 0.15) is 0 Å². The van der Waals surface area contributed by atoms with Crippen LogP contribution in [0.25, 0.3) is 0 Å². The molecule has 14 heavy (non-hydrogen) atoms. The predicted molar refractivity (Wildman–Crippen MR) is 61.1 cm³/mol. The quantitative estimate of drug-likeness (QED) is 0.752. The highest BCUT2D eigenvalue weighted by atomic mass is 14.7. The molecule has 0 bridgehead atoms. The summed E-state index contributed by atoms with van der Waals surface area (Å²) in [6, 6.07) is 8.21. The minimum absolute atomic E-state index is 0.0505. The molecule has 4 N–H and O–H groups in total. The van der Waals surface area contributed by atoms with Crippen molar-refractivity contribution in [2.45, 2.75) is 32.2 Å². The Morgan fingerprint density at radius 2 is 1.79 bits per heavy atom. The van der Waals surface area contributed by atoms with E-state index in [1.807, 2.05) is 12.1 Å². The van der Waals surface area contributed by atoms with E-state index in [4.69, 9.17) is 11.5 Å². The Balaban J connectivity index is 3.16. The molecular formula is C12H20N2. The van der Waals surface area contributed by atoms with Crippen LogP contribution in [0, 0.1) is 0 Å². The second kappa shape index (κ2) is 4.11. The van der Waals surface area contributed by atoms with E-state index in [1.54, 1.807) is 0 Å². The number of nitrogens with two attached hydrogens (primary N) is 2. The molecule has 0 aliphatic rings. The van der Waals surface area contributed by atoms with E-state index in [0.717, 1.165) is 0 Å². The van der Waals surface area contributed by atoms with Crippen molar-refractivity contribution in [3.05, 3.63) is 35.4 Å². The summed E-state index contributed by atoms with van der Waals surface area (Å²) in [5.74, 6) is 0. The molecule has 1 rings (SSSR count). The average Bonchev–Trinajstić information content (AvgIpc) is 2.15. The molecule has 0 amide bonds. The summed E-state index contributed by atoms with van der Waals surface area (Å²) in [7, 11) is 0. The standard InChI is InChI=1S/C12H20N2/c1-12(2,3)10-7-5-4-6-9(10)11(14)8-13/h4-7,11H,8,13-14H2,1-3H3/t11-/m1/s1. The first-order valence-electron chi connectivity index (χ1n) is 5.02. The SMILES string of the molecule is CC(C)(C)c1ccccc1[C@H](N)CN. The summed E-state index contributed by atoms with van der Waals surface area (Å²) in [5, 5.41) is 0. The molecule has 0 saturated carbocycles. The minimum Gasteiger partial charge on any atom is -0.329 e. The zero-order valence-corrected chi connectivity index (χ0v) is 9.25. The topological polar surface area (TPSA) is 52.0 Å². The Labute approximate surface area is 86.3 Å². The molecule has 0 heterocycles. The van der Waals surface area contributed by atoms with E-state index < -0.39 is 0 Å². The van der Waals surface area contributed by atoms with Crippen molar-refractivity contribution in [1.29, 1.82) is 0 Å². The summed E-state index contributed by atoms with van der Waals surface area (Å²) in [4.78, 5) is 0. The van der Waals surface area contributed by atoms with Gasteiger partial charge in [-0.2, -0.15) is 0 Å². The molecule has 0 unspecified atom stereocenters. The molecule has 78 valence electrons. The van der Waals surface area contributed by atoms with Gasteiger partial charge < -0.3 is 11.5 Å². The fraction of sp³-hybridized carbons (Fsp3) is 0.500. The molecule has 1 aromatic carbocycles. The van der Waals surface area contributed by atoms with Gasteiger partial charge in [-0.1, -0.05) is 45.0 Å². The third-order valence-electron chi connectivity index (χ3n) is 2.42. The summed E-state index contributed by atoms with van der Waals surface area (Å²) < 4.78 is 0. The van der Waals surface area contributed by atoms with Crippen molar-refractivity contribution in [1.82, 2.24) is 0 Å². The Morgan fingerprint density at radius 1 is 1.21 bits per heavy atom. The van der Waals surface area contributed by atoms with Crippen molar-refractivity contribution in [2.75, 3.05) is 6.54 Å². The minimum atomic E-state index is -0.0505. The van der Waals surface area contributed by atoms with Gasteiger partial charge in [0.25, 0.3) is 0 Å². The normalized spacial score (nSPS) is 14.1. The number of hydrogen-bond donors (Lipinski definition) is 2. The van der Waals surface area contributed by atoms with Crippen LogP contribution >= 0.6 is 0 Å². The first kappa shape index (κ1) is 11.2. The average molecular weight is 192 g/mol. The molecule has 0 aliphatic carbocycles. The zero-order chi connectivity index (χ0) is 10.8. The lowest BCUT2D eigenvalue weighted by molar-refractivity contribution is 0.570. The summed E-state index contributed by atoms with van der Waals surface area (Å²) in [6.45, 7) is 7.06. The van der Waals surface area contributed by atoms with Gasteiger partial charge >= 0.3 is 0 Å². The maximum absolute atomic E-state index is 5.97. The number of hydrogen-bond acceptors (Lipinski definition) is 2. The summed E-state index contributed by atoms with van der Waals surface area (Å²) in [5.41, 5.74) is 14.1. The third kappa shape index (κ3) is 2.34. The molecule has 2 nitrogen and oxygen atoms in total. The smallest absolute Gasteiger partial charge is 0.0422 e.